The third kappa shape index (κ3) is 2.09. The number of carbonyl (C=O) groups excluding carboxylic acids is 1. The average Bonchev–Trinajstić information content (AvgIpc) is 2.94. The van der Waals surface area contributed by atoms with Gasteiger partial charge in [0.15, 0.2) is 5.78 Å². The van der Waals surface area contributed by atoms with Gasteiger partial charge in [-0.25, -0.2) is 0 Å². The summed E-state index contributed by atoms with van der Waals surface area (Å²) in [4.78, 5) is 12.7. The van der Waals surface area contributed by atoms with E-state index in [0.29, 0.717) is 0 Å². The van der Waals surface area contributed by atoms with Crippen LogP contribution in [0.1, 0.15) is 47.3 Å². The van der Waals surface area contributed by atoms with E-state index in [2.05, 4.69) is 23.3 Å². The van der Waals surface area contributed by atoms with E-state index < -0.39 is 0 Å². The predicted molar refractivity (Wildman–Crippen MR) is 74.4 cm³/mol. The van der Waals surface area contributed by atoms with Crippen LogP contribution in [0.5, 0.6) is 0 Å². The molecule has 1 aromatic heterocycles. The van der Waals surface area contributed by atoms with Crippen LogP contribution in [0.3, 0.4) is 0 Å². The summed E-state index contributed by atoms with van der Waals surface area (Å²) in [5, 5.41) is 4.20. The van der Waals surface area contributed by atoms with Crippen LogP contribution in [0.25, 0.3) is 0 Å². The first-order valence-corrected chi connectivity index (χ1v) is 6.95. The number of fused-ring (bicyclic) bond motifs is 1. The van der Waals surface area contributed by atoms with E-state index in [4.69, 9.17) is 0 Å². The Morgan fingerprint density at radius 3 is 3.05 bits per heavy atom. The smallest absolute Gasteiger partial charge is 0.188 e. The van der Waals surface area contributed by atoms with E-state index in [-0.39, 0.29) is 11.7 Å². The van der Waals surface area contributed by atoms with Crippen molar-refractivity contribution in [2.45, 2.75) is 38.6 Å². The van der Waals surface area contributed by atoms with Gasteiger partial charge in [0.05, 0.1) is 0 Å². The largest absolute Gasteiger partial charge is 0.292 e. The third-order valence-electron chi connectivity index (χ3n) is 3.95. The molecule has 0 N–H and O–H groups in total. The number of ketones is 1. The molecule has 0 bridgehead atoms. The maximum atomic E-state index is 12.7. The van der Waals surface area contributed by atoms with Crippen molar-refractivity contribution in [3.8, 4) is 0 Å². The molecular formula is C16H18N2O. The van der Waals surface area contributed by atoms with Crippen LogP contribution in [-0.2, 0) is 13.0 Å². The summed E-state index contributed by atoms with van der Waals surface area (Å²) in [5.74, 6) is 0.221. The van der Waals surface area contributed by atoms with Gasteiger partial charge in [0.2, 0.25) is 0 Å². The molecule has 3 nitrogen and oxygen atoms in total. The summed E-state index contributed by atoms with van der Waals surface area (Å²) < 4.78 is 1.79. The van der Waals surface area contributed by atoms with Crippen LogP contribution in [0.4, 0.5) is 0 Å². The highest BCUT2D eigenvalue weighted by atomic mass is 16.1. The van der Waals surface area contributed by atoms with Crippen LogP contribution >= 0.6 is 0 Å². The van der Waals surface area contributed by atoms with E-state index in [0.717, 1.165) is 31.5 Å². The lowest BCUT2D eigenvalue weighted by Crippen LogP contribution is -2.21. The average molecular weight is 254 g/mol. The third-order valence-corrected chi connectivity index (χ3v) is 3.95. The van der Waals surface area contributed by atoms with Crippen molar-refractivity contribution in [2.75, 3.05) is 0 Å². The predicted octanol–water partition coefficient (Wildman–Crippen LogP) is 3.21. The first-order valence-electron chi connectivity index (χ1n) is 6.95. The second kappa shape index (κ2) is 5.00. The molecule has 1 heterocycles. The van der Waals surface area contributed by atoms with Crippen molar-refractivity contribution < 1.29 is 4.79 Å². The lowest BCUT2D eigenvalue weighted by molar-refractivity contribution is 0.0940. The molecule has 0 saturated carbocycles. The van der Waals surface area contributed by atoms with Crippen LogP contribution in [-0.4, -0.2) is 15.6 Å². The molecule has 0 aliphatic heterocycles. The molecule has 19 heavy (non-hydrogen) atoms. The Labute approximate surface area is 113 Å². The maximum absolute atomic E-state index is 12.7. The van der Waals surface area contributed by atoms with Gasteiger partial charge in [-0.05, 0) is 43.4 Å². The van der Waals surface area contributed by atoms with Gasteiger partial charge in [-0.15, -0.1) is 0 Å². The first-order chi connectivity index (χ1) is 9.31. The van der Waals surface area contributed by atoms with Crippen molar-refractivity contribution in [1.29, 1.82) is 0 Å². The molecule has 0 spiro atoms. The molecule has 0 saturated heterocycles. The van der Waals surface area contributed by atoms with E-state index in [9.17, 15) is 4.79 Å². The number of aryl methyl sites for hydroxylation is 2. The van der Waals surface area contributed by atoms with E-state index in [1.165, 1.54) is 11.1 Å². The zero-order chi connectivity index (χ0) is 13.2. The molecule has 1 aromatic carbocycles. The summed E-state index contributed by atoms with van der Waals surface area (Å²) in [6.45, 7) is 2.75. The lowest BCUT2D eigenvalue weighted by atomic mass is 9.80. The van der Waals surface area contributed by atoms with Crippen molar-refractivity contribution >= 4 is 5.78 Å². The highest BCUT2D eigenvalue weighted by Crippen LogP contribution is 2.33. The van der Waals surface area contributed by atoms with Gasteiger partial charge in [-0.2, -0.15) is 5.10 Å². The minimum absolute atomic E-state index is 0.00644. The van der Waals surface area contributed by atoms with Crippen molar-refractivity contribution in [2.24, 2.45) is 0 Å². The normalized spacial score (nSPS) is 18.1. The number of benzene rings is 1. The van der Waals surface area contributed by atoms with Gasteiger partial charge in [-0.3, -0.25) is 9.48 Å². The molecular weight excluding hydrogens is 236 g/mol. The van der Waals surface area contributed by atoms with Crippen molar-refractivity contribution in [3.63, 3.8) is 0 Å². The Morgan fingerprint density at radius 2 is 2.21 bits per heavy atom. The summed E-state index contributed by atoms with van der Waals surface area (Å²) >= 11 is 0. The number of carbonyl (C=O) groups is 1. The number of rotatable bonds is 3. The lowest BCUT2D eigenvalue weighted by Gasteiger charge is -2.24. The highest BCUT2D eigenvalue weighted by Gasteiger charge is 2.28. The van der Waals surface area contributed by atoms with E-state index >= 15 is 0 Å². The Morgan fingerprint density at radius 1 is 1.37 bits per heavy atom. The van der Waals surface area contributed by atoms with Gasteiger partial charge >= 0.3 is 0 Å². The zero-order valence-electron chi connectivity index (χ0n) is 11.2. The quantitative estimate of drug-likeness (QED) is 0.788. The van der Waals surface area contributed by atoms with Gasteiger partial charge in [0.25, 0.3) is 0 Å². The van der Waals surface area contributed by atoms with E-state index in [1.54, 1.807) is 10.9 Å². The second-order valence-electron chi connectivity index (χ2n) is 5.04. The van der Waals surface area contributed by atoms with Crippen molar-refractivity contribution in [3.05, 3.63) is 53.3 Å². The molecule has 0 radical (unpaired) electrons. The SMILES string of the molecule is CCn1nccc1C(=O)C1CCCc2ccccc21. The summed E-state index contributed by atoms with van der Waals surface area (Å²) in [6.07, 6.45) is 4.84. The minimum Gasteiger partial charge on any atom is -0.292 e. The van der Waals surface area contributed by atoms with Crippen molar-refractivity contribution in [1.82, 2.24) is 9.78 Å². The molecule has 0 amide bonds. The van der Waals surface area contributed by atoms with Crippen LogP contribution in [0.15, 0.2) is 36.5 Å². The molecule has 1 atom stereocenters. The number of Topliss-reactive ketones (excluding diaryl/α,β-unsaturated/α-hetero) is 1. The second-order valence-corrected chi connectivity index (χ2v) is 5.04. The number of aromatic nitrogens is 2. The van der Waals surface area contributed by atoms with E-state index in [1.807, 2.05) is 19.1 Å². The molecule has 1 unspecified atom stereocenters. The molecule has 2 aromatic rings. The Balaban J connectivity index is 1.98. The molecule has 0 fully saturated rings. The number of hydrogen-bond donors (Lipinski definition) is 0. The topological polar surface area (TPSA) is 34.9 Å². The Bertz CT molecular complexity index is 600. The molecule has 3 rings (SSSR count). The summed E-state index contributed by atoms with van der Waals surface area (Å²) in [7, 11) is 0. The van der Waals surface area contributed by atoms with Gasteiger partial charge in [0, 0.05) is 18.7 Å². The first kappa shape index (κ1) is 12.2. The fourth-order valence-corrected chi connectivity index (χ4v) is 3.00. The Kier molecular flexibility index (Phi) is 3.20. The fraction of sp³-hybridized carbons (Fsp3) is 0.375. The summed E-state index contributed by atoms with van der Waals surface area (Å²) in [5.41, 5.74) is 3.28. The molecule has 1 aliphatic rings. The minimum atomic E-state index is 0.00644. The molecule has 98 valence electrons. The Hall–Kier alpha value is -1.90. The van der Waals surface area contributed by atoms with Crippen LogP contribution < -0.4 is 0 Å². The maximum Gasteiger partial charge on any atom is 0.188 e. The zero-order valence-corrected chi connectivity index (χ0v) is 11.2. The van der Waals surface area contributed by atoms with Gasteiger partial charge in [0.1, 0.15) is 5.69 Å². The summed E-state index contributed by atoms with van der Waals surface area (Å²) in [6, 6.07) is 10.2. The molecule has 3 heteroatoms. The molecule has 1 aliphatic carbocycles. The van der Waals surface area contributed by atoms with Crippen LogP contribution in [0.2, 0.25) is 0 Å². The highest BCUT2D eigenvalue weighted by molar-refractivity contribution is 5.99. The van der Waals surface area contributed by atoms with Gasteiger partial charge < -0.3 is 0 Å². The number of nitrogens with zero attached hydrogens (tertiary/aromatic N) is 2. The van der Waals surface area contributed by atoms with Crippen LogP contribution in [0, 0.1) is 0 Å². The monoisotopic (exact) mass is 254 g/mol. The number of hydrogen-bond acceptors (Lipinski definition) is 2. The fourth-order valence-electron chi connectivity index (χ4n) is 3.00. The van der Waals surface area contributed by atoms with Gasteiger partial charge in [-0.1, -0.05) is 24.3 Å². The standard InChI is InChI=1S/C16H18N2O/c1-2-18-15(10-11-17-18)16(19)14-9-5-7-12-6-3-4-8-13(12)14/h3-4,6,8,10-11,14H,2,5,7,9H2,1H3.